The van der Waals surface area contributed by atoms with Crippen molar-refractivity contribution in [1.29, 1.82) is 0 Å². The first kappa shape index (κ1) is 14.0. The van der Waals surface area contributed by atoms with E-state index in [1.54, 1.807) is 6.20 Å². The molecule has 104 valence electrons. The summed E-state index contributed by atoms with van der Waals surface area (Å²) in [5, 5.41) is 15.2. The normalized spacial score (nSPS) is 13.1. The summed E-state index contributed by atoms with van der Waals surface area (Å²) >= 11 is 0. The van der Waals surface area contributed by atoms with Crippen molar-refractivity contribution in [3.05, 3.63) is 66.0 Å². The van der Waals surface area contributed by atoms with E-state index in [4.69, 9.17) is 10.9 Å². The van der Waals surface area contributed by atoms with Crippen LogP contribution in [0.15, 0.2) is 60.0 Å². The van der Waals surface area contributed by atoms with E-state index >= 15 is 0 Å². The van der Waals surface area contributed by atoms with E-state index in [0.29, 0.717) is 13.0 Å². The highest BCUT2D eigenvalue weighted by Gasteiger charge is 2.13. The molecule has 5 heteroatoms. The van der Waals surface area contributed by atoms with Gasteiger partial charge in [-0.3, -0.25) is 4.98 Å². The minimum atomic E-state index is -0.00712. The molecule has 2 rings (SSSR count). The Morgan fingerprint density at radius 3 is 2.70 bits per heavy atom. The van der Waals surface area contributed by atoms with Gasteiger partial charge in [-0.05, 0) is 17.2 Å². The molecule has 0 aliphatic rings. The van der Waals surface area contributed by atoms with Gasteiger partial charge in [0.2, 0.25) is 0 Å². The SMILES string of the molecule is NC(CC(NCc1cccnc1)c1ccccc1)=NO. The van der Waals surface area contributed by atoms with E-state index in [0.717, 1.165) is 11.1 Å². The van der Waals surface area contributed by atoms with Gasteiger partial charge >= 0.3 is 0 Å². The number of aromatic nitrogens is 1. The zero-order valence-electron chi connectivity index (χ0n) is 11.1. The predicted molar refractivity (Wildman–Crippen MR) is 78.3 cm³/mol. The van der Waals surface area contributed by atoms with Gasteiger partial charge in [-0.15, -0.1) is 0 Å². The summed E-state index contributed by atoms with van der Waals surface area (Å²) in [5.74, 6) is 0.206. The third kappa shape index (κ3) is 4.07. The van der Waals surface area contributed by atoms with Crippen molar-refractivity contribution in [2.24, 2.45) is 10.9 Å². The number of oxime groups is 1. The Balaban J connectivity index is 2.07. The fourth-order valence-corrected chi connectivity index (χ4v) is 1.99. The Morgan fingerprint density at radius 1 is 1.25 bits per heavy atom. The van der Waals surface area contributed by atoms with Crippen LogP contribution >= 0.6 is 0 Å². The van der Waals surface area contributed by atoms with E-state index < -0.39 is 0 Å². The number of pyridine rings is 1. The van der Waals surface area contributed by atoms with Crippen molar-refractivity contribution in [2.45, 2.75) is 19.0 Å². The zero-order chi connectivity index (χ0) is 14.2. The fourth-order valence-electron chi connectivity index (χ4n) is 1.99. The lowest BCUT2D eigenvalue weighted by atomic mass is 10.0. The molecule has 0 saturated heterocycles. The van der Waals surface area contributed by atoms with Crippen LogP contribution in [0.1, 0.15) is 23.6 Å². The van der Waals surface area contributed by atoms with Crippen LogP contribution in [0, 0.1) is 0 Å². The smallest absolute Gasteiger partial charge is 0.141 e. The summed E-state index contributed by atoms with van der Waals surface area (Å²) in [7, 11) is 0. The first-order valence-electron chi connectivity index (χ1n) is 6.43. The summed E-state index contributed by atoms with van der Waals surface area (Å²) in [6.07, 6.45) is 4.01. The lowest BCUT2D eigenvalue weighted by Gasteiger charge is -2.18. The number of nitrogens with two attached hydrogens (primary N) is 1. The molecule has 0 amide bonds. The number of hydrogen-bond donors (Lipinski definition) is 3. The molecule has 1 heterocycles. The zero-order valence-corrected chi connectivity index (χ0v) is 11.1. The largest absolute Gasteiger partial charge is 0.409 e. The molecular formula is C15H18N4O. The number of rotatable bonds is 6. The summed E-state index contributed by atoms with van der Waals surface area (Å²) in [5.41, 5.74) is 7.82. The molecular weight excluding hydrogens is 252 g/mol. The third-order valence-electron chi connectivity index (χ3n) is 3.02. The molecule has 4 N–H and O–H groups in total. The summed E-state index contributed by atoms with van der Waals surface area (Å²) in [6, 6.07) is 13.8. The van der Waals surface area contributed by atoms with E-state index in [1.165, 1.54) is 0 Å². The molecule has 2 aromatic rings. The molecule has 0 bridgehead atoms. The molecule has 0 aliphatic heterocycles. The first-order chi connectivity index (χ1) is 9.79. The van der Waals surface area contributed by atoms with Crippen molar-refractivity contribution in [3.63, 3.8) is 0 Å². The monoisotopic (exact) mass is 270 g/mol. The molecule has 1 unspecified atom stereocenters. The Bertz CT molecular complexity index is 542. The summed E-state index contributed by atoms with van der Waals surface area (Å²) in [4.78, 5) is 4.08. The topological polar surface area (TPSA) is 83.5 Å². The molecule has 20 heavy (non-hydrogen) atoms. The average Bonchev–Trinajstić information content (AvgIpc) is 2.53. The maximum atomic E-state index is 8.74. The number of amidine groups is 1. The van der Waals surface area contributed by atoms with Gasteiger partial charge in [0.05, 0.1) is 0 Å². The number of benzene rings is 1. The van der Waals surface area contributed by atoms with Crippen LogP contribution in [0.2, 0.25) is 0 Å². The van der Waals surface area contributed by atoms with Crippen LogP contribution in [0.5, 0.6) is 0 Å². The van der Waals surface area contributed by atoms with Crippen LogP contribution in [0.25, 0.3) is 0 Å². The van der Waals surface area contributed by atoms with Crippen LogP contribution in [-0.4, -0.2) is 16.0 Å². The standard InChI is InChI=1S/C15H18N4O/c16-15(19-20)9-14(13-6-2-1-3-7-13)18-11-12-5-4-8-17-10-12/h1-8,10,14,18,20H,9,11H2,(H2,16,19). The molecule has 1 aromatic carbocycles. The van der Waals surface area contributed by atoms with Crippen molar-refractivity contribution >= 4 is 5.84 Å². The van der Waals surface area contributed by atoms with Crippen LogP contribution in [-0.2, 0) is 6.54 Å². The number of nitrogens with one attached hydrogen (secondary N) is 1. The van der Waals surface area contributed by atoms with Gasteiger partial charge in [0.15, 0.2) is 0 Å². The fraction of sp³-hybridized carbons (Fsp3) is 0.200. The molecule has 0 aliphatic carbocycles. The Morgan fingerprint density at radius 2 is 2.05 bits per heavy atom. The highest BCUT2D eigenvalue weighted by Crippen LogP contribution is 2.17. The maximum absolute atomic E-state index is 8.74. The van der Waals surface area contributed by atoms with Crippen molar-refractivity contribution in [1.82, 2.24) is 10.3 Å². The summed E-state index contributed by atoms with van der Waals surface area (Å²) < 4.78 is 0. The van der Waals surface area contributed by atoms with E-state index in [1.807, 2.05) is 48.7 Å². The first-order valence-corrected chi connectivity index (χ1v) is 6.43. The maximum Gasteiger partial charge on any atom is 0.141 e. The molecule has 0 radical (unpaired) electrons. The quantitative estimate of drug-likeness (QED) is 0.325. The molecule has 0 fully saturated rings. The van der Waals surface area contributed by atoms with E-state index in [9.17, 15) is 0 Å². The van der Waals surface area contributed by atoms with Crippen molar-refractivity contribution in [2.75, 3.05) is 0 Å². The second kappa shape index (κ2) is 7.25. The van der Waals surface area contributed by atoms with Gasteiger partial charge in [0.25, 0.3) is 0 Å². The summed E-state index contributed by atoms with van der Waals surface area (Å²) in [6.45, 7) is 0.673. The Kier molecular flexibility index (Phi) is 5.08. The lowest BCUT2D eigenvalue weighted by Crippen LogP contribution is -2.26. The van der Waals surface area contributed by atoms with Gasteiger partial charge in [0.1, 0.15) is 5.84 Å². The van der Waals surface area contributed by atoms with Crippen LogP contribution in [0.4, 0.5) is 0 Å². The highest BCUT2D eigenvalue weighted by atomic mass is 16.4. The lowest BCUT2D eigenvalue weighted by molar-refractivity contribution is 0.315. The number of hydrogen-bond acceptors (Lipinski definition) is 4. The van der Waals surface area contributed by atoms with Crippen LogP contribution < -0.4 is 11.1 Å². The van der Waals surface area contributed by atoms with Crippen LogP contribution in [0.3, 0.4) is 0 Å². The van der Waals surface area contributed by atoms with Crippen molar-refractivity contribution in [3.8, 4) is 0 Å². The van der Waals surface area contributed by atoms with Gasteiger partial charge in [-0.25, -0.2) is 0 Å². The average molecular weight is 270 g/mol. The van der Waals surface area contributed by atoms with Crippen molar-refractivity contribution < 1.29 is 5.21 Å². The Labute approximate surface area is 118 Å². The predicted octanol–water partition coefficient (Wildman–Crippen LogP) is 2.05. The van der Waals surface area contributed by atoms with Gasteiger partial charge in [-0.2, -0.15) is 0 Å². The molecule has 1 aromatic heterocycles. The molecule has 0 saturated carbocycles. The van der Waals surface area contributed by atoms with Gasteiger partial charge < -0.3 is 16.3 Å². The third-order valence-corrected chi connectivity index (χ3v) is 3.02. The molecule has 5 nitrogen and oxygen atoms in total. The molecule has 0 spiro atoms. The van der Waals surface area contributed by atoms with Gasteiger partial charge in [0, 0.05) is 31.4 Å². The molecule has 1 atom stereocenters. The number of nitrogens with zero attached hydrogens (tertiary/aromatic N) is 2. The highest BCUT2D eigenvalue weighted by molar-refractivity contribution is 5.80. The minimum Gasteiger partial charge on any atom is -0.409 e. The minimum absolute atomic E-state index is 0.00712. The second-order valence-electron chi connectivity index (χ2n) is 4.50. The second-order valence-corrected chi connectivity index (χ2v) is 4.50. The van der Waals surface area contributed by atoms with E-state index in [-0.39, 0.29) is 11.9 Å². The Hall–Kier alpha value is -2.40. The van der Waals surface area contributed by atoms with Gasteiger partial charge in [-0.1, -0.05) is 41.6 Å². The van der Waals surface area contributed by atoms with E-state index in [2.05, 4.69) is 15.5 Å².